The molecule has 2 nitrogen and oxygen atoms in total. The van der Waals surface area contributed by atoms with E-state index in [-0.39, 0.29) is 5.78 Å². The van der Waals surface area contributed by atoms with Crippen molar-refractivity contribution in [3.05, 3.63) is 34.9 Å². The maximum absolute atomic E-state index is 12.1. The van der Waals surface area contributed by atoms with Gasteiger partial charge in [0.25, 0.3) is 0 Å². The second kappa shape index (κ2) is 5.69. The fourth-order valence-corrected chi connectivity index (χ4v) is 2.95. The molecule has 1 aromatic rings. The van der Waals surface area contributed by atoms with E-state index in [0.717, 1.165) is 30.2 Å². The van der Waals surface area contributed by atoms with Gasteiger partial charge in [0, 0.05) is 30.2 Å². The first-order valence-electron chi connectivity index (χ1n) is 6.07. The third kappa shape index (κ3) is 3.33. The van der Waals surface area contributed by atoms with Crippen LogP contribution in [0.25, 0.3) is 0 Å². The van der Waals surface area contributed by atoms with Gasteiger partial charge in [-0.2, -0.15) is 11.8 Å². The van der Waals surface area contributed by atoms with Crippen molar-refractivity contribution in [1.29, 1.82) is 0 Å². The molecule has 0 atom stereocenters. The first kappa shape index (κ1) is 12.7. The maximum Gasteiger partial charge on any atom is 0.176 e. The largest absolute Gasteiger partial charge is 0.294 e. The van der Waals surface area contributed by atoms with Crippen molar-refractivity contribution >= 4 is 17.5 Å². The molecule has 0 aliphatic carbocycles. The Bertz CT molecular complexity index is 411. The van der Waals surface area contributed by atoms with Crippen molar-refractivity contribution in [1.82, 2.24) is 4.90 Å². The number of Topliss-reactive ketones (excluding diaryl/α,β-unsaturated/α-hetero) is 1. The van der Waals surface area contributed by atoms with E-state index in [2.05, 4.69) is 18.7 Å². The lowest BCUT2D eigenvalue weighted by molar-refractivity contribution is 0.0937. The zero-order valence-corrected chi connectivity index (χ0v) is 11.3. The first-order valence-corrected chi connectivity index (χ1v) is 7.23. The lowest BCUT2D eigenvalue weighted by Gasteiger charge is -2.25. The van der Waals surface area contributed by atoms with Gasteiger partial charge in [0.15, 0.2) is 5.78 Å². The third-order valence-corrected chi connectivity index (χ3v) is 4.24. The number of benzene rings is 1. The smallest absolute Gasteiger partial charge is 0.176 e. The quantitative estimate of drug-likeness (QED) is 0.768. The SMILES string of the molecule is Cc1ccc(C(=O)CN2CCSCC2)cc1C. The predicted octanol–water partition coefficient (Wildman–Crippen LogP) is 2.53. The first-order chi connectivity index (χ1) is 8.16. The van der Waals surface area contributed by atoms with Gasteiger partial charge in [-0.25, -0.2) is 0 Å². The number of nitrogens with zero attached hydrogens (tertiary/aromatic N) is 1. The molecule has 2 rings (SSSR count). The van der Waals surface area contributed by atoms with Gasteiger partial charge in [-0.15, -0.1) is 0 Å². The molecule has 0 N–H and O–H groups in total. The zero-order valence-electron chi connectivity index (χ0n) is 10.5. The molecule has 1 aliphatic rings. The van der Waals surface area contributed by atoms with Crippen LogP contribution in [0.5, 0.6) is 0 Å². The molecule has 0 aromatic heterocycles. The standard InChI is InChI=1S/C14H19NOS/c1-11-3-4-13(9-12(11)2)14(16)10-15-5-7-17-8-6-15/h3-4,9H,5-8,10H2,1-2H3. The molecule has 1 saturated heterocycles. The van der Waals surface area contributed by atoms with E-state index < -0.39 is 0 Å². The fourth-order valence-electron chi connectivity index (χ4n) is 1.97. The number of hydrogen-bond acceptors (Lipinski definition) is 3. The number of carbonyl (C=O) groups excluding carboxylic acids is 1. The Morgan fingerprint density at radius 2 is 1.94 bits per heavy atom. The van der Waals surface area contributed by atoms with Crippen molar-refractivity contribution in [3.8, 4) is 0 Å². The number of carbonyl (C=O) groups is 1. The van der Waals surface area contributed by atoms with E-state index in [1.807, 2.05) is 30.0 Å². The number of aryl methyl sites for hydroxylation is 2. The van der Waals surface area contributed by atoms with E-state index in [9.17, 15) is 4.79 Å². The molecule has 0 amide bonds. The van der Waals surface area contributed by atoms with Crippen LogP contribution in [0.4, 0.5) is 0 Å². The summed E-state index contributed by atoms with van der Waals surface area (Å²) in [5.74, 6) is 2.56. The van der Waals surface area contributed by atoms with Gasteiger partial charge in [0.2, 0.25) is 0 Å². The molecule has 17 heavy (non-hydrogen) atoms. The second-order valence-corrected chi connectivity index (χ2v) is 5.84. The van der Waals surface area contributed by atoms with E-state index >= 15 is 0 Å². The second-order valence-electron chi connectivity index (χ2n) is 4.61. The van der Waals surface area contributed by atoms with E-state index in [1.54, 1.807) is 0 Å². The van der Waals surface area contributed by atoms with Crippen LogP contribution in [0.1, 0.15) is 21.5 Å². The van der Waals surface area contributed by atoms with Crippen LogP contribution in [0, 0.1) is 13.8 Å². The van der Waals surface area contributed by atoms with Gasteiger partial charge >= 0.3 is 0 Å². The molecule has 3 heteroatoms. The van der Waals surface area contributed by atoms with Crippen LogP contribution < -0.4 is 0 Å². The summed E-state index contributed by atoms with van der Waals surface area (Å²) in [6, 6.07) is 5.99. The fraction of sp³-hybridized carbons (Fsp3) is 0.500. The van der Waals surface area contributed by atoms with Crippen LogP contribution in [-0.4, -0.2) is 41.8 Å². The average molecular weight is 249 g/mol. The number of thioether (sulfide) groups is 1. The minimum atomic E-state index is 0.250. The Kier molecular flexibility index (Phi) is 4.24. The predicted molar refractivity (Wildman–Crippen MR) is 74.0 cm³/mol. The summed E-state index contributed by atoms with van der Waals surface area (Å²) < 4.78 is 0. The van der Waals surface area contributed by atoms with Crippen LogP contribution in [0.15, 0.2) is 18.2 Å². The summed E-state index contributed by atoms with van der Waals surface area (Å²) in [7, 11) is 0. The molecule has 92 valence electrons. The summed E-state index contributed by atoms with van der Waals surface area (Å²) in [6.45, 7) is 6.79. The number of hydrogen-bond donors (Lipinski definition) is 0. The Hall–Kier alpha value is -0.800. The molecule has 1 aromatic carbocycles. The maximum atomic E-state index is 12.1. The highest BCUT2D eigenvalue weighted by Crippen LogP contribution is 2.13. The van der Waals surface area contributed by atoms with Gasteiger partial charge < -0.3 is 0 Å². The molecule has 0 unspecified atom stereocenters. The molecule has 0 saturated carbocycles. The van der Waals surface area contributed by atoms with E-state index in [4.69, 9.17) is 0 Å². The molecule has 1 fully saturated rings. The normalized spacial score (nSPS) is 17.1. The van der Waals surface area contributed by atoms with E-state index in [1.165, 1.54) is 11.1 Å². The van der Waals surface area contributed by atoms with Gasteiger partial charge in [-0.3, -0.25) is 9.69 Å². The monoisotopic (exact) mass is 249 g/mol. The molecule has 0 spiro atoms. The van der Waals surface area contributed by atoms with Crippen molar-refractivity contribution < 1.29 is 4.79 Å². The van der Waals surface area contributed by atoms with Crippen molar-refractivity contribution in [2.75, 3.05) is 31.1 Å². The minimum Gasteiger partial charge on any atom is -0.294 e. The zero-order chi connectivity index (χ0) is 12.3. The molecular weight excluding hydrogens is 230 g/mol. The molecular formula is C14H19NOS. The van der Waals surface area contributed by atoms with Gasteiger partial charge in [-0.1, -0.05) is 12.1 Å². The Labute approximate surface area is 107 Å². The molecule has 0 radical (unpaired) electrons. The molecule has 1 aliphatic heterocycles. The molecule has 1 heterocycles. The highest BCUT2D eigenvalue weighted by molar-refractivity contribution is 7.99. The lowest BCUT2D eigenvalue weighted by Crippen LogP contribution is -2.36. The summed E-state index contributed by atoms with van der Waals surface area (Å²) in [4.78, 5) is 14.4. The van der Waals surface area contributed by atoms with Crippen LogP contribution in [0.3, 0.4) is 0 Å². The van der Waals surface area contributed by atoms with Gasteiger partial charge in [0.1, 0.15) is 0 Å². The summed E-state index contributed by atoms with van der Waals surface area (Å²) in [6.07, 6.45) is 0. The van der Waals surface area contributed by atoms with Crippen molar-refractivity contribution in [2.24, 2.45) is 0 Å². The minimum absolute atomic E-state index is 0.250. The van der Waals surface area contributed by atoms with Crippen LogP contribution in [0.2, 0.25) is 0 Å². The van der Waals surface area contributed by atoms with Crippen molar-refractivity contribution in [3.63, 3.8) is 0 Å². The number of rotatable bonds is 3. The topological polar surface area (TPSA) is 20.3 Å². The Morgan fingerprint density at radius 1 is 1.24 bits per heavy atom. The summed E-state index contributed by atoms with van der Waals surface area (Å²) in [5, 5.41) is 0. The van der Waals surface area contributed by atoms with Gasteiger partial charge in [0.05, 0.1) is 6.54 Å². The Morgan fingerprint density at radius 3 is 2.59 bits per heavy atom. The third-order valence-electron chi connectivity index (χ3n) is 3.30. The van der Waals surface area contributed by atoms with Crippen LogP contribution in [-0.2, 0) is 0 Å². The lowest BCUT2D eigenvalue weighted by atomic mass is 10.0. The molecule has 0 bridgehead atoms. The summed E-state index contributed by atoms with van der Waals surface area (Å²) in [5.41, 5.74) is 3.30. The highest BCUT2D eigenvalue weighted by Gasteiger charge is 2.15. The average Bonchev–Trinajstić information content (AvgIpc) is 2.34. The van der Waals surface area contributed by atoms with Crippen LogP contribution >= 0.6 is 11.8 Å². The van der Waals surface area contributed by atoms with E-state index in [0.29, 0.717) is 6.54 Å². The van der Waals surface area contributed by atoms with Crippen molar-refractivity contribution in [2.45, 2.75) is 13.8 Å². The number of ketones is 1. The summed E-state index contributed by atoms with van der Waals surface area (Å²) >= 11 is 1.97. The highest BCUT2D eigenvalue weighted by atomic mass is 32.2. The Balaban J connectivity index is 2.01. The van der Waals surface area contributed by atoms with Gasteiger partial charge in [-0.05, 0) is 31.0 Å².